The molecular weight excluding hydrogens is 340 g/mol. The SMILES string of the molecule is CCNC(=NCCc1nnc2ccccn12)N1CCC(c2cnn(C)c2)C1. The van der Waals surface area contributed by atoms with Gasteiger partial charge in [-0.25, -0.2) is 0 Å². The fourth-order valence-electron chi connectivity index (χ4n) is 3.62. The van der Waals surface area contributed by atoms with Gasteiger partial charge in [-0.1, -0.05) is 6.07 Å². The first-order valence-corrected chi connectivity index (χ1v) is 9.55. The highest BCUT2D eigenvalue weighted by Gasteiger charge is 2.26. The third-order valence-corrected chi connectivity index (χ3v) is 5.00. The van der Waals surface area contributed by atoms with Crippen molar-refractivity contribution >= 4 is 11.6 Å². The number of rotatable bonds is 5. The summed E-state index contributed by atoms with van der Waals surface area (Å²) < 4.78 is 3.90. The zero-order chi connectivity index (χ0) is 18.6. The van der Waals surface area contributed by atoms with Gasteiger partial charge in [0.15, 0.2) is 11.6 Å². The molecule has 0 radical (unpaired) electrons. The summed E-state index contributed by atoms with van der Waals surface area (Å²) in [5.74, 6) is 2.44. The van der Waals surface area contributed by atoms with Gasteiger partial charge >= 0.3 is 0 Å². The van der Waals surface area contributed by atoms with Crippen LogP contribution in [0.3, 0.4) is 0 Å². The molecule has 4 rings (SSSR count). The van der Waals surface area contributed by atoms with E-state index >= 15 is 0 Å². The number of likely N-dealkylation sites (tertiary alicyclic amines) is 1. The quantitative estimate of drug-likeness (QED) is 0.547. The number of guanidine groups is 1. The molecule has 4 heterocycles. The van der Waals surface area contributed by atoms with Crippen LogP contribution in [0.15, 0.2) is 41.8 Å². The molecule has 0 spiro atoms. The molecule has 27 heavy (non-hydrogen) atoms. The van der Waals surface area contributed by atoms with E-state index < -0.39 is 0 Å². The maximum atomic E-state index is 4.84. The second kappa shape index (κ2) is 7.77. The van der Waals surface area contributed by atoms with Crippen LogP contribution in [0.1, 0.15) is 30.7 Å². The van der Waals surface area contributed by atoms with Gasteiger partial charge < -0.3 is 10.2 Å². The summed E-state index contributed by atoms with van der Waals surface area (Å²) in [6.07, 6.45) is 7.99. The summed E-state index contributed by atoms with van der Waals surface area (Å²) in [6, 6.07) is 5.93. The Morgan fingerprint density at radius 3 is 3.07 bits per heavy atom. The molecule has 8 nitrogen and oxygen atoms in total. The second-order valence-electron chi connectivity index (χ2n) is 6.91. The standard InChI is InChI=1S/C19H26N8/c1-3-20-19(26-11-8-15(14-26)16-12-22-25(2)13-16)21-9-7-18-24-23-17-6-4-5-10-27(17)18/h4-6,10,12-13,15H,3,7-9,11,14H2,1-2H3,(H,20,21). The van der Waals surface area contributed by atoms with E-state index in [-0.39, 0.29) is 0 Å². The van der Waals surface area contributed by atoms with E-state index in [4.69, 9.17) is 4.99 Å². The van der Waals surface area contributed by atoms with Crippen molar-refractivity contribution in [1.82, 2.24) is 34.6 Å². The third-order valence-electron chi connectivity index (χ3n) is 5.00. The Morgan fingerprint density at radius 1 is 1.33 bits per heavy atom. The highest BCUT2D eigenvalue weighted by molar-refractivity contribution is 5.80. The van der Waals surface area contributed by atoms with Crippen LogP contribution in [0.2, 0.25) is 0 Å². The molecule has 1 unspecified atom stereocenters. The fraction of sp³-hybridized carbons (Fsp3) is 0.474. The van der Waals surface area contributed by atoms with Crippen LogP contribution in [-0.4, -0.2) is 61.4 Å². The molecule has 1 aliphatic rings. The molecule has 1 aliphatic heterocycles. The Labute approximate surface area is 158 Å². The highest BCUT2D eigenvalue weighted by Crippen LogP contribution is 2.26. The molecule has 0 aromatic carbocycles. The summed E-state index contributed by atoms with van der Waals surface area (Å²) in [7, 11) is 1.97. The van der Waals surface area contributed by atoms with Crippen LogP contribution in [-0.2, 0) is 13.5 Å². The van der Waals surface area contributed by atoms with Gasteiger partial charge in [0.05, 0.1) is 6.20 Å². The summed E-state index contributed by atoms with van der Waals surface area (Å²) in [6.45, 7) is 5.65. The van der Waals surface area contributed by atoms with Crippen LogP contribution < -0.4 is 5.32 Å². The number of aliphatic imine (C=N–C) groups is 1. The monoisotopic (exact) mass is 366 g/mol. The predicted octanol–water partition coefficient (Wildman–Crippen LogP) is 1.46. The van der Waals surface area contributed by atoms with E-state index in [1.807, 2.05) is 46.7 Å². The van der Waals surface area contributed by atoms with E-state index in [9.17, 15) is 0 Å². The first kappa shape index (κ1) is 17.5. The van der Waals surface area contributed by atoms with E-state index in [1.54, 1.807) is 0 Å². The van der Waals surface area contributed by atoms with Gasteiger partial charge in [-0.2, -0.15) is 5.10 Å². The van der Waals surface area contributed by atoms with Gasteiger partial charge in [0.25, 0.3) is 0 Å². The van der Waals surface area contributed by atoms with Crippen molar-refractivity contribution < 1.29 is 0 Å². The number of fused-ring (bicyclic) bond motifs is 1. The van der Waals surface area contributed by atoms with Crippen LogP contribution in [0, 0.1) is 0 Å². The zero-order valence-electron chi connectivity index (χ0n) is 15.9. The maximum Gasteiger partial charge on any atom is 0.193 e. The molecule has 0 bridgehead atoms. The van der Waals surface area contributed by atoms with Gasteiger partial charge in [0.2, 0.25) is 0 Å². The van der Waals surface area contributed by atoms with Crippen LogP contribution in [0.4, 0.5) is 0 Å². The number of pyridine rings is 1. The first-order chi connectivity index (χ1) is 13.2. The summed E-state index contributed by atoms with van der Waals surface area (Å²) in [5, 5.41) is 16.2. The molecule has 0 saturated carbocycles. The van der Waals surface area contributed by atoms with Crippen molar-refractivity contribution in [3.05, 3.63) is 48.2 Å². The summed E-state index contributed by atoms with van der Waals surface area (Å²) in [4.78, 5) is 7.19. The second-order valence-corrected chi connectivity index (χ2v) is 6.91. The molecule has 1 N–H and O–H groups in total. The third kappa shape index (κ3) is 3.79. The average molecular weight is 366 g/mol. The average Bonchev–Trinajstić information content (AvgIpc) is 3.40. The lowest BCUT2D eigenvalue weighted by Crippen LogP contribution is -2.40. The lowest BCUT2D eigenvalue weighted by Gasteiger charge is -2.21. The van der Waals surface area contributed by atoms with Gasteiger partial charge in [0.1, 0.15) is 5.82 Å². The van der Waals surface area contributed by atoms with Crippen molar-refractivity contribution in [2.45, 2.75) is 25.7 Å². The molecule has 142 valence electrons. The van der Waals surface area contributed by atoms with Crippen molar-refractivity contribution in [3.63, 3.8) is 0 Å². The minimum Gasteiger partial charge on any atom is -0.357 e. The Balaban J connectivity index is 1.41. The Kier molecular flexibility index (Phi) is 5.04. The number of aromatic nitrogens is 5. The van der Waals surface area contributed by atoms with E-state index in [0.717, 1.165) is 49.9 Å². The van der Waals surface area contributed by atoms with Crippen molar-refractivity contribution in [2.24, 2.45) is 12.0 Å². The Hall–Kier alpha value is -2.90. The fourth-order valence-corrected chi connectivity index (χ4v) is 3.62. The highest BCUT2D eigenvalue weighted by atomic mass is 15.3. The van der Waals surface area contributed by atoms with Crippen LogP contribution >= 0.6 is 0 Å². The van der Waals surface area contributed by atoms with Crippen LogP contribution in [0.5, 0.6) is 0 Å². The molecular formula is C19H26N8. The van der Waals surface area contributed by atoms with Crippen molar-refractivity contribution in [1.29, 1.82) is 0 Å². The Morgan fingerprint density at radius 2 is 2.26 bits per heavy atom. The first-order valence-electron chi connectivity index (χ1n) is 9.55. The zero-order valence-corrected chi connectivity index (χ0v) is 15.9. The number of hydrogen-bond acceptors (Lipinski definition) is 4. The summed E-state index contributed by atoms with van der Waals surface area (Å²) >= 11 is 0. The van der Waals surface area contributed by atoms with Gasteiger partial charge in [0, 0.05) is 58.0 Å². The molecule has 0 aliphatic carbocycles. The molecule has 8 heteroatoms. The number of hydrogen-bond donors (Lipinski definition) is 1. The molecule has 1 fully saturated rings. The van der Waals surface area contributed by atoms with Gasteiger partial charge in [-0.3, -0.25) is 14.1 Å². The largest absolute Gasteiger partial charge is 0.357 e. The van der Waals surface area contributed by atoms with E-state index in [2.05, 4.69) is 38.6 Å². The van der Waals surface area contributed by atoms with E-state index in [0.29, 0.717) is 12.5 Å². The number of nitrogens with zero attached hydrogens (tertiary/aromatic N) is 7. The van der Waals surface area contributed by atoms with Crippen molar-refractivity contribution in [3.8, 4) is 0 Å². The van der Waals surface area contributed by atoms with Crippen molar-refractivity contribution in [2.75, 3.05) is 26.2 Å². The topological polar surface area (TPSA) is 75.6 Å². The Bertz CT molecular complexity index is 925. The predicted molar refractivity (Wildman–Crippen MR) is 105 cm³/mol. The molecule has 3 aromatic heterocycles. The molecule has 3 aromatic rings. The van der Waals surface area contributed by atoms with Gasteiger partial charge in [-0.05, 0) is 31.0 Å². The normalized spacial score (nSPS) is 17.8. The van der Waals surface area contributed by atoms with E-state index in [1.165, 1.54) is 5.56 Å². The minimum atomic E-state index is 0.517. The number of nitrogens with one attached hydrogen (secondary N) is 1. The lowest BCUT2D eigenvalue weighted by molar-refractivity contribution is 0.486. The maximum absolute atomic E-state index is 4.84. The number of aryl methyl sites for hydroxylation is 1. The van der Waals surface area contributed by atoms with Gasteiger partial charge in [-0.15, -0.1) is 10.2 Å². The molecule has 1 saturated heterocycles. The lowest BCUT2D eigenvalue weighted by atomic mass is 10.0. The minimum absolute atomic E-state index is 0.517. The van der Waals surface area contributed by atoms with Crippen LogP contribution in [0.25, 0.3) is 5.65 Å². The summed E-state index contributed by atoms with van der Waals surface area (Å²) in [5.41, 5.74) is 2.19. The molecule has 0 amide bonds. The molecule has 1 atom stereocenters. The smallest absolute Gasteiger partial charge is 0.193 e.